The van der Waals surface area contributed by atoms with Crippen molar-refractivity contribution in [2.45, 2.75) is 13.0 Å². The van der Waals surface area contributed by atoms with Crippen LogP contribution < -0.4 is 10.6 Å². The number of aromatic nitrogens is 1. The van der Waals surface area contributed by atoms with E-state index in [1.165, 1.54) is 6.08 Å². The van der Waals surface area contributed by atoms with E-state index in [4.69, 9.17) is 4.52 Å². The lowest BCUT2D eigenvalue weighted by atomic mass is 10.3. The van der Waals surface area contributed by atoms with Crippen LogP contribution in [0.25, 0.3) is 0 Å². The smallest absolute Gasteiger partial charge is 0.320 e. The van der Waals surface area contributed by atoms with Crippen molar-refractivity contribution in [1.82, 2.24) is 10.5 Å². The van der Waals surface area contributed by atoms with Crippen molar-refractivity contribution in [3.8, 4) is 0 Å². The second kappa shape index (κ2) is 4.21. The summed E-state index contributed by atoms with van der Waals surface area (Å²) < 4.78 is 27.0. The van der Waals surface area contributed by atoms with Crippen LogP contribution >= 0.6 is 0 Å². The monoisotopic (exact) mass is 257 g/mol. The third-order valence-electron chi connectivity index (χ3n) is 2.12. The predicted octanol–water partition coefficient (Wildman–Crippen LogP) is 0.415. The highest BCUT2D eigenvalue weighted by Crippen LogP contribution is 2.09. The number of amides is 2. The zero-order chi connectivity index (χ0) is 12.5. The Morgan fingerprint density at radius 2 is 2.35 bits per heavy atom. The molecule has 17 heavy (non-hydrogen) atoms. The number of sulfone groups is 1. The summed E-state index contributed by atoms with van der Waals surface area (Å²) >= 11 is 0. The normalized spacial score (nSPS) is 21.4. The van der Waals surface area contributed by atoms with Crippen LogP contribution in [0, 0.1) is 6.92 Å². The van der Waals surface area contributed by atoms with Crippen LogP contribution in [0.15, 0.2) is 22.1 Å². The number of rotatable bonds is 2. The molecule has 0 aliphatic carbocycles. The Morgan fingerprint density at radius 3 is 2.88 bits per heavy atom. The van der Waals surface area contributed by atoms with Crippen LogP contribution in [0.2, 0.25) is 0 Å². The molecule has 2 amide bonds. The molecule has 0 radical (unpaired) electrons. The van der Waals surface area contributed by atoms with Crippen molar-refractivity contribution in [2.24, 2.45) is 0 Å². The number of aryl methyl sites for hydroxylation is 1. The molecule has 92 valence electrons. The molecule has 1 aromatic rings. The molecule has 7 nitrogen and oxygen atoms in total. The van der Waals surface area contributed by atoms with Gasteiger partial charge in [-0.1, -0.05) is 5.16 Å². The quantitative estimate of drug-likeness (QED) is 0.799. The fraction of sp³-hybridized carbons (Fsp3) is 0.333. The van der Waals surface area contributed by atoms with Gasteiger partial charge in [0.2, 0.25) is 0 Å². The van der Waals surface area contributed by atoms with Crippen molar-refractivity contribution in [3.05, 3.63) is 23.3 Å². The molecule has 0 spiro atoms. The maximum Gasteiger partial charge on any atom is 0.320 e. The fourth-order valence-corrected chi connectivity index (χ4v) is 2.65. The van der Waals surface area contributed by atoms with Gasteiger partial charge in [0.1, 0.15) is 5.76 Å². The van der Waals surface area contributed by atoms with Gasteiger partial charge in [0, 0.05) is 11.5 Å². The minimum Gasteiger partial charge on any atom is -0.360 e. The third kappa shape index (κ3) is 3.06. The number of urea groups is 1. The second-order valence-corrected chi connectivity index (χ2v) is 5.62. The van der Waals surface area contributed by atoms with Gasteiger partial charge in [-0.2, -0.15) is 0 Å². The van der Waals surface area contributed by atoms with Gasteiger partial charge >= 0.3 is 6.03 Å². The Kier molecular flexibility index (Phi) is 2.88. The molecule has 8 heteroatoms. The van der Waals surface area contributed by atoms with E-state index in [0.29, 0.717) is 5.76 Å². The first-order chi connectivity index (χ1) is 7.94. The largest absolute Gasteiger partial charge is 0.360 e. The van der Waals surface area contributed by atoms with Crippen LogP contribution in [0.4, 0.5) is 10.6 Å². The zero-order valence-corrected chi connectivity index (χ0v) is 9.82. The molecular formula is C9H11N3O4S. The van der Waals surface area contributed by atoms with E-state index in [2.05, 4.69) is 15.8 Å². The summed E-state index contributed by atoms with van der Waals surface area (Å²) in [6, 6.07) is 0.527. The molecule has 0 bridgehead atoms. The van der Waals surface area contributed by atoms with Crippen molar-refractivity contribution >= 4 is 21.7 Å². The summed E-state index contributed by atoms with van der Waals surface area (Å²) in [6.45, 7) is 1.70. The molecular weight excluding hydrogens is 246 g/mol. The molecule has 1 atom stereocenters. The van der Waals surface area contributed by atoms with Gasteiger partial charge in [-0.3, -0.25) is 5.32 Å². The lowest BCUT2D eigenvalue weighted by Crippen LogP contribution is -2.38. The highest BCUT2D eigenvalue weighted by atomic mass is 32.2. The van der Waals surface area contributed by atoms with E-state index in [1.54, 1.807) is 13.0 Å². The Labute approximate surface area is 97.8 Å². The Bertz CT molecular complexity index is 561. The summed E-state index contributed by atoms with van der Waals surface area (Å²) in [6.07, 6.45) is 1.43. The molecule has 1 aliphatic heterocycles. The van der Waals surface area contributed by atoms with Crippen molar-refractivity contribution in [1.29, 1.82) is 0 Å². The zero-order valence-electron chi connectivity index (χ0n) is 9.00. The standard InChI is InChI=1S/C9H11N3O4S/c1-6-4-8(12-16-6)11-9(13)10-7-2-3-17(14,15)5-7/h2-4,7H,5H2,1H3,(H2,10,11,12,13)/t7-/m0/s1. The Balaban J connectivity index is 1.89. The van der Waals surface area contributed by atoms with Crippen LogP contribution in [0.3, 0.4) is 0 Å². The molecule has 2 rings (SSSR count). The molecule has 1 aliphatic rings. The minimum absolute atomic E-state index is 0.113. The van der Waals surface area contributed by atoms with Crippen molar-refractivity contribution < 1.29 is 17.7 Å². The highest BCUT2D eigenvalue weighted by Gasteiger charge is 2.23. The number of carbonyl (C=O) groups excluding carboxylic acids is 1. The van der Waals surface area contributed by atoms with Crippen LogP contribution in [0.1, 0.15) is 5.76 Å². The summed E-state index contributed by atoms with van der Waals surface area (Å²) in [5.41, 5.74) is 0. The van der Waals surface area contributed by atoms with E-state index < -0.39 is 21.9 Å². The Hall–Kier alpha value is -1.83. The SMILES string of the molecule is Cc1cc(NC(=O)N[C@H]2C=CS(=O)(=O)C2)no1. The van der Waals surface area contributed by atoms with Gasteiger partial charge in [0.05, 0.1) is 11.8 Å². The van der Waals surface area contributed by atoms with Gasteiger partial charge in [0.25, 0.3) is 0 Å². The predicted molar refractivity (Wildman–Crippen MR) is 60.1 cm³/mol. The first kappa shape index (κ1) is 11.6. The van der Waals surface area contributed by atoms with E-state index in [-0.39, 0.29) is 11.6 Å². The number of hydrogen-bond donors (Lipinski definition) is 2. The highest BCUT2D eigenvalue weighted by molar-refractivity contribution is 7.94. The average Bonchev–Trinajstić information content (AvgIpc) is 2.73. The van der Waals surface area contributed by atoms with E-state index >= 15 is 0 Å². The Morgan fingerprint density at radius 1 is 1.59 bits per heavy atom. The van der Waals surface area contributed by atoms with Crippen LogP contribution in [-0.4, -0.2) is 31.4 Å². The first-order valence-electron chi connectivity index (χ1n) is 4.86. The molecule has 0 saturated heterocycles. The summed E-state index contributed by atoms with van der Waals surface area (Å²) in [5, 5.41) is 9.60. The van der Waals surface area contributed by atoms with Crippen LogP contribution in [-0.2, 0) is 9.84 Å². The van der Waals surface area contributed by atoms with Gasteiger partial charge < -0.3 is 9.84 Å². The molecule has 0 saturated carbocycles. The maximum atomic E-state index is 11.5. The second-order valence-electron chi connectivity index (χ2n) is 3.69. The number of carbonyl (C=O) groups is 1. The molecule has 0 aromatic carbocycles. The average molecular weight is 257 g/mol. The molecule has 2 heterocycles. The molecule has 2 N–H and O–H groups in total. The lowest BCUT2D eigenvalue weighted by Gasteiger charge is -2.09. The number of hydrogen-bond acceptors (Lipinski definition) is 5. The van der Waals surface area contributed by atoms with Gasteiger partial charge in [-0.25, -0.2) is 13.2 Å². The van der Waals surface area contributed by atoms with Crippen molar-refractivity contribution in [3.63, 3.8) is 0 Å². The molecule has 0 fully saturated rings. The molecule has 0 unspecified atom stereocenters. The van der Waals surface area contributed by atoms with E-state index in [1.807, 2.05) is 0 Å². The first-order valence-corrected chi connectivity index (χ1v) is 6.58. The topological polar surface area (TPSA) is 101 Å². The van der Waals surface area contributed by atoms with Crippen molar-refractivity contribution in [2.75, 3.05) is 11.1 Å². The number of anilines is 1. The minimum atomic E-state index is -3.17. The van der Waals surface area contributed by atoms with Gasteiger partial charge in [-0.05, 0) is 13.0 Å². The maximum absolute atomic E-state index is 11.5. The summed E-state index contributed by atoms with van der Waals surface area (Å²) in [4.78, 5) is 11.5. The summed E-state index contributed by atoms with van der Waals surface area (Å²) in [5.74, 6) is 0.742. The lowest BCUT2D eigenvalue weighted by molar-refractivity contribution is 0.250. The number of nitrogens with one attached hydrogen (secondary N) is 2. The third-order valence-corrected chi connectivity index (χ3v) is 3.51. The van der Waals surface area contributed by atoms with Crippen LogP contribution in [0.5, 0.6) is 0 Å². The fourth-order valence-electron chi connectivity index (χ4n) is 1.41. The van der Waals surface area contributed by atoms with E-state index in [0.717, 1.165) is 5.41 Å². The van der Waals surface area contributed by atoms with Gasteiger partial charge in [0.15, 0.2) is 15.7 Å². The van der Waals surface area contributed by atoms with Gasteiger partial charge in [-0.15, -0.1) is 0 Å². The number of nitrogens with zero attached hydrogens (tertiary/aromatic N) is 1. The summed E-state index contributed by atoms with van der Waals surface area (Å²) in [7, 11) is -3.17. The molecule has 1 aromatic heterocycles. The van der Waals surface area contributed by atoms with E-state index in [9.17, 15) is 13.2 Å².